The van der Waals surface area contributed by atoms with Gasteiger partial charge in [0.2, 0.25) is 5.91 Å². The molecule has 1 fully saturated rings. The number of anilines is 1. The second kappa shape index (κ2) is 10.1. The molecule has 0 spiro atoms. The van der Waals surface area contributed by atoms with Crippen molar-refractivity contribution in [1.29, 1.82) is 0 Å². The van der Waals surface area contributed by atoms with Crippen LogP contribution in [0.15, 0.2) is 67.0 Å². The lowest BCUT2D eigenvalue weighted by atomic mass is 9.95. The molecule has 2 atom stereocenters. The van der Waals surface area contributed by atoms with Crippen molar-refractivity contribution in [2.45, 2.75) is 31.8 Å². The fraction of sp³-hybridized carbons (Fsp3) is 0.320. The highest BCUT2D eigenvalue weighted by molar-refractivity contribution is 5.85. The summed E-state index contributed by atoms with van der Waals surface area (Å²) in [6, 6.07) is 17.2. The van der Waals surface area contributed by atoms with Crippen molar-refractivity contribution < 1.29 is 14.3 Å². The SMILES string of the molecule is CCOc1ccccc1OC1CCCN(c2cncc(C(C(N)=O)c3ccccc3)n2)C1. The van der Waals surface area contributed by atoms with Gasteiger partial charge in [0.25, 0.3) is 0 Å². The van der Waals surface area contributed by atoms with Crippen LogP contribution in [0.4, 0.5) is 5.82 Å². The number of rotatable bonds is 8. The minimum absolute atomic E-state index is 0.00290. The molecule has 7 heteroatoms. The molecule has 1 saturated heterocycles. The lowest BCUT2D eigenvalue weighted by Gasteiger charge is -2.34. The molecule has 1 aromatic heterocycles. The predicted octanol–water partition coefficient (Wildman–Crippen LogP) is 3.54. The van der Waals surface area contributed by atoms with Crippen molar-refractivity contribution in [3.63, 3.8) is 0 Å². The zero-order chi connectivity index (χ0) is 22.3. The second-order valence-corrected chi connectivity index (χ2v) is 7.76. The quantitative estimate of drug-likeness (QED) is 0.586. The molecule has 4 rings (SSSR count). The number of amides is 1. The Hall–Kier alpha value is -3.61. The largest absolute Gasteiger partial charge is 0.490 e. The minimum atomic E-state index is -0.640. The first kappa shape index (κ1) is 21.6. The van der Waals surface area contributed by atoms with E-state index in [9.17, 15) is 4.79 Å². The Labute approximate surface area is 188 Å². The monoisotopic (exact) mass is 432 g/mol. The molecule has 2 unspecified atom stereocenters. The number of hydrogen-bond donors (Lipinski definition) is 1. The van der Waals surface area contributed by atoms with E-state index in [1.54, 1.807) is 12.4 Å². The Morgan fingerprint density at radius 2 is 1.88 bits per heavy atom. The van der Waals surface area contributed by atoms with Crippen LogP contribution in [0, 0.1) is 0 Å². The van der Waals surface area contributed by atoms with Crippen LogP contribution in [-0.4, -0.2) is 41.7 Å². The summed E-state index contributed by atoms with van der Waals surface area (Å²) in [6.07, 6.45) is 5.24. The average Bonchev–Trinajstić information content (AvgIpc) is 2.82. The van der Waals surface area contributed by atoms with E-state index < -0.39 is 11.8 Å². The number of nitrogens with two attached hydrogens (primary N) is 1. The number of carbonyl (C=O) groups is 1. The van der Waals surface area contributed by atoms with Crippen molar-refractivity contribution in [1.82, 2.24) is 9.97 Å². The van der Waals surface area contributed by atoms with Crippen LogP contribution < -0.4 is 20.1 Å². The molecule has 1 aliphatic heterocycles. The second-order valence-electron chi connectivity index (χ2n) is 7.76. The molecular weight excluding hydrogens is 404 g/mol. The zero-order valence-corrected chi connectivity index (χ0v) is 18.2. The maximum absolute atomic E-state index is 12.2. The smallest absolute Gasteiger partial charge is 0.231 e. The van der Waals surface area contributed by atoms with Gasteiger partial charge >= 0.3 is 0 Å². The van der Waals surface area contributed by atoms with Crippen LogP contribution in [0.3, 0.4) is 0 Å². The Kier molecular flexibility index (Phi) is 6.84. The maximum atomic E-state index is 12.2. The molecule has 1 aliphatic rings. The molecule has 0 saturated carbocycles. The van der Waals surface area contributed by atoms with Crippen molar-refractivity contribution in [3.8, 4) is 11.5 Å². The first-order valence-corrected chi connectivity index (χ1v) is 11.0. The molecule has 2 heterocycles. The molecule has 7 nitrogen and oxygen atoms in total. The predicted molar refractivity (Wildman–Crippen MR) is 123 cm³/mol. The number of hydrogen-bond acceptors (Lipinski definition) is 6. The minimum Gasteiger partial charge on any atom is -0.490 e. The number of benzene rings is 2. The highest BCUT2D eigenvalue weighted by atomic mass is 16.5. The van der Waals surface area contributed by atoms with Crippen LogP contribution in [0.25, 0.3) is 0 Å². The summed E-state index contributed by atoms with van der Waals surface area (Å²) in [5.74, 6) is 1.13. The number of para-hydroxylation sites is 2. The van der Waals surface area contributed by atoms with E-state index in [1.165, 1.54) is 0 Å². The van der Waals surface area contributed by atoms with E-state index in [-0.39, 0.29) is 6.10 Å². The zero-order valence-electron chi connectivity index (χ0n) is 18.2. The fourth-order valence-electron chi connectivity index (χ4n) is 4.03. The first-order chi connectivity index (χ1) is 15.7. The van der Waals surface area contributed by atoms with Crippen molar-refractivity contribution >= 4 is 11.7 Å². The summed E-state index contributed by atoms with van der Waals surface area (Å²) in [5, 5.41) is 0. The lowest BCUT2D eigenvalue weighted by molar-refractivity contribution is -0.118. The third-order valence-corrected chi connectivity index (χ3v) is 5.50. The normalized spacial score (nSPS) is 16.9. The first-order valence-electron chi connectivity index (χ1n) is 11.0. The van der Waals surface area contributed by atoms with E-state index in [1.807, 2.05) is 61.5 Å². The Balaban J connectivity index is 1.52. The van der Waals surface area contributed by atoms with E-state index in [0.717, 1.165) is 42.3 Å². The molecule has 166 valence electrons. The van der Waals surface area contributed by atoms with Crippen LogP contribution >= 0.6 is 0 Å². The topological polar surface area (TPSA) is 90.6 Å². The van der Waals surface area contributed by atoms with Gasteiger partial charge in [-0.15, -0.1) is 0 Å². The van der Waals surface area contributed by atoms with Crippen LogP contribution in [0.5, 0.6) is 11.5 Å². The summed E-state index contributed by atoms with van der Waals surface area (Å²) in [4.78, 5) is 23.5. The van der Waals surface area contributed by atoms with Gasteiger partial charge in [-0.1, -0.05) is 42.5 Å². The van der Waals surface area contributed by atoms with E-state index in [0.29, 0.717) is 18.8 Å². The van der Waals surface area contributed by atoms with Gasteiger partial charge in [0.15, 0.2) is 11.5 Å². The third-order valence-electron chi connectivity index (χ3n) is 5.50. The molecule has 2 N–H and O–H groups in total. The third kappa shape index (κ3) is 4.99. The standard InChI is InChI=1S/C25H28N4O3/c1-2-31-21-12-6-7-13-22(21)32-19-11-8-14-29(17-19)23-16-27-15-20(28-23)24(25(26)30)18-9-4-3-5-10-18/h3-7,9-10,12-13,15-16,19,24H,2,8,11,14,17H2,1H3,(H2,26,30). The number of carbonyl (C=O) groups excluding carboxylic acids is 1. The summed E-state index contributed by atoms with van der Waals surface area (Å²) < 4.78 is 12.0. The van der Waals surface area contributed by atoms with E-state index in [4.69, 9.17) is 20.2 Å². The molecule has 1 amide bonds. The highest BCUT2D eigenvalue weighted by Crippen LogP contribution is 2.30. The average molecular weight is 433 g/mol. The number of ether oxygens (including phenoxy) is 2. The Morgan fingerprint density at radius 1 is 1.12 bits per heavy atom. The van der Waals surface area contributed by atoms with E-state index in [2.05, 4.69) is 9.88 Å². The van der Waals surface area contributed by atoms with Crippen LogP contribution in [0.1, 0.15) is 36.9 Å². The maximum Gasteiger partial charge on any atom is 0.231 e. The number of primary amides is 1. The molecule has 0 radical (unpaired) electrons. The number of nitrogens with zero attached hydrogens (tertiary/aromatic N) is 3. The molecule has 2 aromatic carbocycles. The molecular formula is C25H28N4O3. The molecule has 0 aliphatic carbocycles. The van der Waals surface area contributed by atoms with Crippen molar-refractivity contribution in [2.75, 3.05) is 24.6 Å². The summed E-state index contributed by atoms with van der Waals surface area (Å²) in [5.41, 5.74) is 7.08. The van der Waals surface area contributed by atoms with Gasteiger partial charge in [-0.3, -0.25) is 9.78 Å². The lowest BCUT2D eigenvalue weighted by Crippen LogP contribution is -2.41. The summed E-state index contributed by atoms with van der Waals surface area (Å²) >= 11 is 0. The van der Waals surface area contributed by atoms with Gasteiger partial charge in [0, 0.05) is 12.7 Å². The van der Waals surface area contributed by atoms with Crippen LogP contribution in [-0.2, 0) is 4.79 Å². The van der Waals surface area contributed by atoms with Gasteiger partial charge < -0.3 is 20.1 Å². The van der Waals surface area contributed by atoms with Gasteiger partial charge in [0.1, 0.15) is 17.8 Å². The van der Waals surface area contributed by atoms with E-state index >= 15 is 0 Å². The molecule has 3 aromatic rings. The fourth-order valence-corrected chi connectivity index (χ4v) is 4.03. The van der Waals surface area contributed by atoms with Gasteiger partial charge in [-0.25, -0.2) is 4.98 Å². The Morgan fingerprint density at radius 3 is 2.62 bits per heavy atom. The molecule has 32 heavy (non-hydrogen) atoms. The van der Waals surface area contributed by atoms with Crippen molar-refractivity contribution in [2.24, 2.45) is 5.73 Å². The molecule has 0 bridgehead atoms. The summed E-state index contributed by atoms with van der Waals surface area (Å²) in [6.45, 7) is 4.06. The summed E-state index contributed by atoms with van der Waals surface area (Å²) in [7, 11) is 0. The number of aromatic nitrogens is 2. The van der Waals surface area contributed by atoms with Crippen LogP contribution in [0.2, 0.25) is 0 Å². The Bertz CT molecular complexity index is 1040. The highest BCUT2D eigenvalue weighted by Gasteiger charge is 2.26. The number of piperidine rings is 1. The van der Waals surface area contributed by atoms with Gasteiger partial charge in [-0.05, 0) is 37.5 Å². The van der Waals surface area contributed by atoms with Gasteiger partial charge in [0.05, 0.1) is 25.0 Å². The van der Waals surface area contributed by atoms with Crippen molar-refractivity contribution in [3.05, 3.63) is 78.2 Å². The van der Waals surface area contributed by atoms with Gasteiger partial charge in [-0.2, -0.15) is 0 Å².